The van der Waals surface area contributed by atoms with Gasteiger partial charge in [-0.15, -0.1) is 11.8 Å². The van der Waals surface area contributed by atoms with Gasteiger partial charge in [-0.05, 0) is 30.2 Å². The van der Waals surface area contributed by atoms with Crippen molar-refractivity contribution in [3.05, 3.63) is 60.4 Å². The number of para-hydroxylation sites is 1. The summed E-state index contributed by atoms with van der Waals surface area (Å²) in [6.45, 7) is 3.09. The van der Waals surface area contributed by atoms with Crippen LogP contribution in [0.25, 0.3) is 10.9 Å². The minimum absolute atomic E-state index is 0.0221. The Kier molecular flexibility index (Phi) is 4.20. The quantitative estimate of drug-likeness (QED) is 0.688. The number of nitrogens with zero attached hydrogens (tertiary/aromatic N) is 4. The lowest BCUT2D eigenvalue weighted by Crippen LogP contribution is -2.51. The minimum atomic E-state index is 0.0221. The Morgan fingerprint density at radius 1 is 0.963 bits per heavy atom. The van der Waals surface area contributed by atoms with Crippen LogP contribution in [0, 0.1) is 0 Å². The standard InChI is InChI=1S/C21H20N4OS/c26-21(19-13-15-5-1-4-8-18(15)27-19)25-11-9-24(10-12-25)20-16-6-2-3-7-17(16)22-14-23-20/h1-8,14,19H,9-13H2/t19-/m0/s1. The average molecular weight is 376 g/mol. The molecule has 0 unspecified atom stereocenters. The Bertz CT molecular complexity index is 970. The van der Waals surface area contributed by atoms with Crippen LogP contribution in [0.5, 0.6) is 0 Å². The number of amides is 1. The van der Waals surface area contributed by atoms with E-state index >= 15 is 0 Å². The number of carbonyl (C=O) groups excluding carboxylic acids is 1. The monoisotopic (exact) mass is 376 g/mol. The highest BCUT2D eigenvalue weighted by atomic mass is 32.2. The van der Waals surface area contributed by atoms with Crippen LogP contribution in [-0.2, 0) is 11.2 Å². The molecule has 1 fully saturated rings. The summed E-state index contributed by atoms with van der Waals surface area (Å²) < 4.78 is 0. The lowest BCUT2D eigenvalue weighted by Gasteiger charge is -2.36. The SMILES string of the molecule is O=C([C@@H]1Cc2ccccc2S1)N1CCN(c2ncnc3ccccc23)CC1. The second kappa shape index (κ2) is 6.85. The number of thioether (sulfide) groups is 1. The summed E-state index contributed by atoms with van der Waals surface area (Å²) >= 11 is 1.71. The van der Waals surface area contributed by atoms with Gasteiger partial charge in [0, 0.05) is 36.5 Å². The number of hydrogen-bond donors (Lipinski definition) is 0. The fourth-order valence-electron chi connectivity index (χ4n) is 3.90. The summed E-state index contributed by atoms with van der Waals surface area (Å²) in [6.07, 6.45) is 2.47. The van der Waals surface area contributed by atoms with Crippen LogP contribution in [0.2, 0.25) is 0 Å². The molecule has 0 bridgehead atoms. The topological polar surface area (TPSA) is 49.3 Å². The maximum absolute atomic E-state index is 13.0. The van der Waals surface area contributed by atoms with Gasteiger partial charge in [0.2, 0.25) is 5.91 Å². The summed E-state index contributed by atoms with van der Waals surface area (Å²) in [4.78, 5) is 27.4. The Balaban J connectivity index is 1.27. The highest BCUT2D eigenvalue weighted by Gasteiger charge is 2.33. The van der Waals surface area contributed by atoms with Gasteiger partial charge in [0.05, 0.1) is 10.8 Å². The molecule has 0 aliphatic carbocycles. The van der Waals surface area contributed by atoms with Crippen molar-refractivity contribution in [3.8, 4) is 0 Å². The molecule has 2 aliphatic heterocycles. The molecule has 0 saturated carbocycles. The van der Waals surface area contributed by atoms with Crippen molar-refractivity contribution in [1.82, 2.24) is 14.9 Å². The third kappa shape index (κ3) is 3.04. The molecule has 0 radical (unpaired) electrons. The molecule has 3 heterocycles. The molecule has 3 aromatic rings. The Labute approximate surface area is 162 Å². The van der Waals surface area contributed by atoms with E-state index < -0.39 is 0 Å². The molecule has 1 saturated heterocycles. The second-order valence-corrected chi connectivity index (χ2v) is 8.19. The van der Waals surface area contributed by atoms with Crippen molar-refractivity contribution in [3.63, 3.8) is 0 Å². The lowest BCUT2D eigenvalue weighted by molar-refractivity contribution is -0.130. The third-order valence-electron chi connectivity index (χ3n) is 5.34. The molecule has 2 aliphatic rings. The van der Waals surface area contributed by atoms with Crippen LogP contribution >= 0.6 is 11.8 Å². The van der Waals surface area contributed by atoms with Crippen molar-refractivity contribution >= 4 is 34.4 Å². The fraction of sp³-hybridized carbons (Fsp3) is 0.286. The van der Waals surface area contributed by atoms with E-state index in [1.807, 2.05) is 29.2 Å². The molecule has 1 aromatic heterocycles. The van der Waals surface area contributed by atoms with Crippen molar-refractivity contribution < 1.29 is 4.79 Å². The maximum Gasteiger partial charge on any atom is 0.236 e. The van der Waals surface area contributed by atoms with E-state index in [-0.39, 0.29) is 11.2 Å². The van der Waals surface area contributed by atoms with Gasteiger partial charge in [-0.1, -0.05) is 30.3 Å². The molecule has 1 amide bonds. The molecule has 5 nitrogen and oxygen atoms in total. The van der Waals surface area contributed by atoms with Gasteiger partial charge in [-0.25, -0.2) is 9.97 Å². The van der Waals surface area contributed by atoms with E-state index in [1.165, 1.54) is 10.5 Å². The van der Waals surface area contributed by atoms with E-state index in [1.54, 1.807) is 18.1 Å². The van der Waals surface area contributed by atoms with Gasteiger partial charge < -0.3 is 9.80 Å². The number of hydrogen-bond acceptors (Lipinski definition) is 5. The zero-order valence-electron chi connectivity index (χ0n) is 14.9. The van der Waals surface area contributed by atoms with Gasteiger partial charge in [-0.3, -0.25) is 4.79 Å². The van der Waals surface area contributed by atoms with E-state index in [0.717, 1.165) is 49.3 Å². The summed E-state index contributed by atoms with van der Waals surface area (Å²) in [7, 11) is 0. The van der Waals surface area contributed by atoms with Crippen LogP contribution in [0.15, 0.2) is 59.8 Å². The molecule has 1 atom stereocenters. The minimum Gasteiger partial charge on any atom is -0.352 e. The summed E-state index contributed by atoms with van der Waals surface area (Å²) in [5, 5.41) is 1.09. The number of anilines is 1. The van der Waals surface area contributed by atoms with Gasteiger partial charge in [0.25, 0.3) is 0 Å². The van der Waals surface area contributed by atoms with Gasteiger partial charge in [0.1, 0.15) is 12.1 Å². The summed E-state index contributed by atoms with van der Waals surface area (Å²) in [5.41, 5.74) is 2.26. The molecule has 27 heavy (non-hydrogen) atoms. The smallest absolute Gasteiger partial charge is 0.236 e. The summed E-state index contributed by atoms with van der Waals surface area (Å²) in [5.74, 6) is 1.23. The highest BCUT2D eigenvalue weighted by molar-refractivity contribution is 8.01. The third-order valence-corrected chi connectivity index (χ3v) is 6.64. The Hall–Kier alpha value is -2.60. The fourth-order valence-corrected chi connectivity index (χ4v) is 5.18. The first kappa shape index (κ1) is 16.6. The maximum atomic E-state index is 13.0. The van der Waals surface area contributed by atoms with E-state index in [9.17, 15) is 4.79 Å². The van der Waals surface area contributed by atoms with Crippen LogP contribution in [-0.4, -0.2) is 52.2 Å². The van der Waals surface area contributed by atoms with Crippen LogP contribution < -0.4 is 4.90 Å². The molecular weight excluding hydrogens is 356 g/mol. The molecule has 6 heteroatoms. The first-order valence-electron chi connectivity index (χ1n) is 9.27. The summed E-state index contributed by atoms with van der Waals surface area (Å²) in [6, 6.07) is 16.4. The van der Waals surface area contributed by atoms with Crippen molar-refractivity contribution in [2.24, 2.45) is 0 Å². The molecule has 0 spiro atoms. The lowest BCUT2D eigenvalue weighted by atomic mass is 10.1. The van der Waals surface area contributed by atoms with Gasteiger partial charge in [-0.2, -0.15) is 0 Å². The Morgan fingerprint density at radius 2 is 1.74 bits per heavy atom. The Morgan fingerprint density at radius 3 is 2.59 bits per heavy atom. The second-order valence-electron chi connectivity index (χ2n) is 6.95. The predicted molar refractivity (Wildman–Crippen MR) is 108 cm³/mol. The number of piperazine rings is 1. The number of aromatic nitrogens is 2. The van der Waals surface area contributed by atoms with Crippen LogP contribution in [0.4, 0.5) is 5.82 Å². The van der Waals surface area contributed by atoms with Crippen molar-refractivity contribution in [1.29, 1.82) is 0 Å². The zero-order valence-corrected chi connectivity index (χ0v) is 15.7. The number of carbonyl (C=O) groups is 1. The zero-order chi connectivity index (χ0) is 18.2. The molecular formula is C21H20N4OS. The molecule has 2 aromatic carbocycles. The van der Waals surface area contributed by atoms with Crippen molar-refractivity contribution in [2.75, 3.05) is 31.1 Å². The van der Waals surface area contributed by atoms with E-state index in [0.29, 0.717) is 0 Å². The highest BCUT2D eigenvalue weighted by Crippen LogP contribution is 2.37. The largest absolute Gasteiger partial charge is 0.352 e. The van der Waals surface area contributed by atoms with Gasteiger partial charge >= 0.3 is 0 Å². The predicted octanol–water partition coefficient (Wildman–Crippen LogP) is 3.00. The number of rotatable bonds is 2. The normalized spacial score (nSPS) is 19.3. The van der Waals surface area contributed by atoms with Crippen LogP contribution in [0.1, 0.15) is 5.56 Å². The number of fused-ring (bicyclic) bond motifs is 2. The van der Waals surface area contributed by atoms with Gasteiger partial charge in [0.15, 0.2) is 0 Å². The first-order valence-corrected chi connectivity index (χ1v) is 10.2. The molecule has 5 rings (SSSR count). The van der Waals surface area contributed by atoms with Crippen molar-refractivity contribution in [2.45, 2.75) is 16.6 Å². The van der Waals surface area contributed by atoms with Crippen LogP contribution in [0.3, 0.4) is 0 Å². The van der Waals surface area contributed by atoms with E-state index in [2.05, 4.69) is 39.1 Å². The average Bonchev–Trinajstić information content (AvgIpc) is 3.17. The van der Waals surface area contributed by atoms with E-state index in [4.69, 9.17) is 0 Å². The molecule has 0 N–H and O–H groups in total. The molecule has 136 valence electrons. The number of benzene rings is 2. The first-order chi connectivity index (χ1) is 13.3.